The van der Waals surface area contributed by atoms with Crippen LogP contribution in [0.1, 0.15) is 0 Å². The lowest BCUT2D eigenvalue weighted by molar-refractivity contribution is -0.272. The molecule has 10 heavy (non-hydrogen) atoms. The maximum Gasteiger partial charge on any atom is 0.122 e. The van der Waals surface area contributed by atoms with Crippen LogP contribution in [0.4, 0.5) is 0 Å². The van der Waals surface area contributed by atoms with E-state index in [0.29, 0.717) is 0 Å². The Hall–Kier alpha value is -1.58. The van der Waals surface area contributed by atoms with E-state index < -0.39 is 17.2 Å². The molecule has 4 nitrogen and oxygen atoms in total. The van der Waals surface area contributed by atoms with Gasteiger partial charge in [-0.3, -0.25) is 0 Å². The molecule has 0 saturated heterocycles. The van der Waals surface area contributed by atoms with Gasteiger partial charge in [-0.05, 0) is 5.75 Å². The number of hydrogen-bond donors (Lipinski definition) is 3. The van der Waals surface area contributed by atoms with Crippen LogP contribution in [0.25, 0.3) is 0 Å². The number of phenolic OH excluding ortho intramolecular Hbond substituents is 3. The summed E-state index contributed by atoms with van der Waals surface area (Å²) in [6, 6.07) is 1.73. The van der Waals surface area contributed by atoms with Gasteiger partial charge in [0.15, 0.2) is 0 Å². The van der Waals surface area contributed by atoms with Gasteiger partial charge in [0, 0.05) is 12.1 Å². The van der Waals surface area contributed by atoms with E-state index in [2.05, 4.69) is 0 Å². The molecule has 0 radical (unpaired) electrons. The topological polar surface area (TPSA) is 83.8 Å². The van der Waals surface area contributed by atoms with Crippen molar-refractivity contribution in [2.75, 3.05) is 0 Å². The first-order valence-corrected chi connectivity index (χ1v) is 2.53. The molecule has 0 aliphatic carbocycles. The summed E-state index contributed by atoms with van der Waals surface area (Å²) < 4.78 is 0. The van der Waals surface area contributed by atoms with Gasteiger partial charge >= 0.3 is 0 Å². The van der Waals surface area contributed by atoms with E-state index in [-0.39, 0.29) is 5.75 Å². The molecule has 3 N–H and O–H groups in total. The van der Waals surface area contributed by atoms with Crippen LogP contribution >= 0.6 is 0 Å². The molecule has 0 spiro atoms. The zero-order chi connectivity index (χ0) is 7.72. The molecule has 0 heterocycles. The maximum atomic E-state index is 10.5. The monoisotopic (exact) mass is 141 g/mol. The second-order valence-corrected chi connectivity index (χ2v) is 1.81. The lowest BCUT2D eigenvalue weighted by atomic mass is 10.3. The highest BCUT2D eigenvalue weighted by Gasteiger charge is 1.98. The van der Waals surface area contributed by atoms with Gasteiger partial charge in [-0.2, -0.15) is 0 Å². The van der Waals surface area contributed by atoms with Gasteiger partial charge in [0.2, 0.25) is 0 Å². The molecule has 4 heteroatoms. The number of rotatable bonds is 0. The van der Waals surface area contributed by atoms with Crippen molar-refractivity contribution >= 4 is 0 Å². The highest BCUT2D eigenvalue weighted by atomic mass is 16.3. The predicted octanol–water partition coefficient (Wildman–Crippen LogP) is -0.123. The zero-order valence-corrected chi connectivity index (χ0v) is 4.90. The van der Waals surface area contributed by atoms with E-state index in [1.165, 1.54) is 0 Å². The van der Waals surface area contributed by atoms with E-state index in [4.69, 9.17) is 15.3 Å². The van der Waals surface area contributed by atoms with Crippen LogP contribution in [0.2, 0.25) is 0 Å². The Balaban J connectivity index is 3.31. The molecule has 0 saturated carbocycles. The third-order valence-corrected chi connectivity index (χ3v) is 1.03. The summed E-state index contributed by atoms with van der Waals surface area (Å²) in [6.07, 6.45) is 0. The summed E-state index contributed by atoms with van der Waals surface area (Å²) in [6.45, 7) is 0. The molecular formula is C6H5O4-. The fourth-order valence-electron chi connectivity index (χ4n) is 0.584. The molecule has 0 amide bonds. The minimum atomic E-state index is -0.877. The van der Waals surface area contributed by atoms with Crippen LogP contribution in [0.5, 0.6) is 23.0 Å². The Morgan fingerprint density at radius 1 is 1.00 bits per heavy atom. The van der Waals surface area contributed by atoms with Crippen LogP contribution in [-0.4, -0.2) is 15.3 Å². The van der Waals surface area contributed by atoms with E-state index in [0.717, 1.165) is 12.1 Å². The molecule has 0 unspecified atom stereocenters. The van der Waals surface area contributed by atoms with Crippen molar-refractivity contribution in [2.45, 2.75) is 0 Å². The van der Waals surface area contributed by atoms with E-state index in [9.17, 15) is 5.11 Å². The maximum absolute atomic E-state index is 10.5. The number of hydrogen-bond acceptors (Lipinski definition) is 4. The number of benzene rings is 1. The zero-order valence-electron chi connectivity index (χ0n) is 4.90. The standard InChI is InChI=1S/C6H6O4/c7-3-1-4(8)6(10)5(9)2-3/h1-2,7-10H/p-1. The van der Waals surface area contributed by atoms with Gasteiger partial charge in [0.25, 0.3) is 0 Å². The Kier molecular flexibility index (Phi) is 1.30. The van der Waals surface area contributed by atoms with Crippen molar-refractivity contribution in [1.29, 1.82) is 0 Å². The summed E-state index contributed by atoms with van der Waals surface area (Å²) in [5.41, 5.74) is 0. The molecule has 1 rings (SSSR count). The lowest BCUT2D eigenvalue weighted by Gasteiger charge is -2.09. The molecule has 0 aliphatic heterocycles. The summed E-state index contributed by atoms with van der Waals surface area (Å²) in [5, 5.41) is 36.5. The fraction of sp³-hybridized carbons (Fsp3) is 0. The summed E-state index contributed by atoms with van der Waals surface area (Å²) in [4.78, 5) is 0. The molecule has 1 aromatic carbocycles. The van der Waals surface area contributed by atoms with E-state index in [1.807, 2.05) is 0 Å². The van der Waals surface area contributed by atoms with E-state index >= 15 is 0 Å². The van der Waals surface area contributed by atoms with Crippen molar-refractivity contribution in [3.63, 3.8) is 0 Å². The first kappa shape index (κ1) is 6.54. The first-order valence-electron chi connectivity index (χ1n) is 2.53. The van der Waals surface area contributed by atoms with Gasteiger partial charge in [-0.15, -0.1) is 0 Å². The van der Waals surface area contributed by atoms with Crippen LogP contribution in [-0.2, 0) is 0 Å². The molecule has 0 bridgehead atoms. The average molecular weight is 141 g/mol. The van der Waals surface area contributed by atoms with Crippen LogP contribution in [0, 0.1) is 0 Å². The van der Waals surface area contributed by atoms with Gasteiger partial charge in [0.1, 0.15) is 17.2 Å². The molecular weight excluding hydrogens is 136 g/mol. The average Bonchev–Trinajstić information content (AvgIpc) is 1.82. The van der Waals surface area contributed by atoms with Crippen molar-refractivity contribution in [3.05, 3.63) is 12.1 Å². The summed E-state index contributed by atoms with van der Waals surface area (Å²) >= 11 is 0. The molecule has 0 aliphatic rings. The SMILES string of the molecule is [O-]c1c(O)cc(O)cc1O. The van der Waals surface area contributed by atoms with Gasteiger partial charge < -0.3 is 20.4 Å². The van der Waals surface area contributed by atoms with E-state index in [1.54, 1.807) is 0 Å². The minimum Gasteiger partial charge on any atom is -0.867 e. The summed E-state index contributed by atoms with van der Waals surface area (Å²) in [5.74, 6) is -2.53. The molecule has 0 atom stereocenters. The van der Waals surface area contributed by atoms with Crippen LogP contribution in [0.3, 0.4) is 0 Å². The first-order chi connectivity index (χ1) is 4.61. The van der Waals surface area contributed by atoms with Crippen molar-refractivity contribution in [3.8, 4) is 23.0 Å². The molecule has 54 valence electrons. The highest BCUT2D eigenvalue weighted by molar-refractivity contribution is 5.51. The Bertz CT molecular complexity index is 233. The van der Waals surface area contributed by atoms with Gasteiger partial charge in [-0.1, -0.05) is 0 Å². The number of aromatic hydroxyl groups is 3. The normalized spacial score (nSPS) is 9.60. The third kappa shape index (κ3) is 0.907. The summed E-state index contributed by atoms with van der Waals surface area (Å²) in [7, 11) is 0. The Labute approximate surface area is 56.6 Å². The highest BCUT2D eigenvalue weighted by Crippen LogP contribution is 2.35. The van der Waals surface area contributed by atoms with Crippen molar-refractivity contribution in [2.24, 2.45) is 0 Å². The molecule has 1 aromatic rings. The van der Waals surface area contributed by atoms with Crippen LogP contribution < -0.4 is 5.11 Å². The van der Waals surface area contributed by atoms with Crippen molar-refractivity contribution in [1.82, 2.24) is 0 Å². The largest absolute Gasteiger partial charge is 0.867 e. The lowest BCUT2D eigenvalue weighted by Crippen LogP contribution is -1.89. The predicted molar refractivity (Wildman–Crippen MR) is 30.9 cm³/mol. The quantitative estimate of drug-likeness (QED) is 0.470. The Morgan fingerprint density at radius 3 is 1.80 bits per heavy atom. The fourth-order valence-corrected chi connectivity index (χ4v) is 0.584. The van der Waals surface area contributed by atoms with Crippen molar-refractivity contribution < 1.29 is 20.4 Å². The Morgan fingerprint density at radius 2 is 1.40 bits per heavy atom. The van der Waals surface area contributed by atoms with Gasteiger partial charge in [-0.25, -0.2) is 0 Å². The smallest absolute Gasteiger partial charge is 0.122 e. The minimum absolute atomic E-state index is 0.338. The second-order valence-electron chi connectivity index (χ2n) is 1.81. The van der Waals surface area contributed by atoms with Gasteiger partial charge in [0.05, 0.1) is 0 Å². The molecule has 0 aromatic heterocycles. The van der Waals surface area contributed by atoms with Crippen LogP contribution in [0.15, 0.2) is 12.1 Å². The number of phenols is 3. The second kappa shape index (κ2) is 1.98. The molecule has 0 fully saturated rings. The third-order valence-electron chi connectivity index (χ3n) is 1.03.